The molecule has 2 amide bonds. The minimum atomic E-state index is -0.712. The molecule has 0 bridgehead atoms. The number of likely N-dealkylation sites (N-methyl/N-ethyl adjacent to an activating group) is 1. The molecule has 216 valence electrons. The summed E-state index contributed by atoms with van der Waals surface area (Å²) in [6, 6.07) is 12.9. The predicted molar refractivity (Wildman–Crippen MR) is 155 cm³/mol. The largest absolute Gasteiger partial charge is 0.355 e. The number of aryl methyl sites for hydroxylation is 1. The van der Waals surface area contributed by atoms with Crippen LogP contribution in [0.5, 0.6) is 0 Å². The zero-order valence-electron chi connectivity index (χ0n) is 23.4. The van der Waals surface area contributed by atoms with Crippen molar-refractivity contribution in [2.24, 2.45) is 0 Å². The summed E-state index contributed by atoms with van der Waals surface area (Å²) < 4.78 is 29.5. The van der Waals surface area contributed by atoms with Gasteiger partial charge in [-0.05, 0) is 86.6 Å². The summed E-state index contributed by atoms with van der Waals surface area (Å²) in [6.45, 7) is 3.21. The van der Waals surface area contributed by atoms with Gasteiger partial charge in [0.15, 0.2) is 11.6 Å². The van der Waals surface area contributed by atoms with E-state index in [0.717, 1.165) is 23.8 Å². The molecule has 0 unspecified atom stereocenters. The van der Waals surface area contributed by atoms with Crippen LogP contribution < -0.4 is 21.5 Å². The molecular formula is C31H29F2N5O4. The SMILES string of the molecule is CNC(=O)c1ccc(C)c(-c2cnc(NC(=O)[C@H](C)NC)c(=O)n2Cc2cc(F)cc(C(=O)c3ccc(F)cc3)c2)c1. The minimum Gasteiger partial charge on any atom is -0.355 e. The fraction of sp³-hybridized carbons (Fsp3) is 0.194. The Kier molecular flexibility index (Phi) is 9.02. The van der Waals surface area contributed by atoms with Crippen LogP contribution in [0.1, 0.15) is 44.3 Å². The number of aromatic nitrogens is 2. The molecule has 1 atom stereocenters. The molecule has 0 aliphatic heterocycles. The first-order chi connectivity index (χ1) is 20.0. The Bertz CT molecular complexity index is 1730. The van der Waals surface area contributed by atoms with Gasteiger partial charge in [0.1, 0.15) is 11.6 Å². The number of nitrogens with zero attached hydrogens (tertiary/aromatic N) is 2. The molecule has 4 aromatic rings. The number of halogens is 2. The highest BCUT2D eigenvalue weighted by Crippen LogP contribution is 2.25. The van der Waals surface area contributed by atoms with Crippen molar-refractivity contribution in [2.75, 3.05) is 19.4 Å². The molecule has 0 spiro atoms. The maximum atomic E-state index is 14.8. The van der Waals surface area contributed by atoms with Gasteiger partial charge >= 0.3 is 0 Å². The van der Waals surface area contributed by atoms with Gasteiger partial charge in [-0.15, -0.1) is 0 Å². The summed E-state index contributed by atoms with van der Waals surface area (Å²) in [6.07, 6.45) is 1.39. The van der Waals surface area contributed by atoms with Crippen molar-refractivity contribution in [3.63, 3.8) is 0 Å². The molecule has 0 saturated heterocycles. The predicted octanol–water partition coefficient (Wildman–Crippen LogP) is 3.68. The van der Waals surface area contributed by atoms with E-state index in [1.807, 2.05) is 0 Å². The van der Waals surface area contributed by atoms with Crippen LogP contribution in [-0.2, 0) is 11.3 Å². The molecule has 1 heterocycles. The summed E-state index contributed by atoms with van der Waals surface area (Å²) in [5.74, 6) is -2.82. The minimum absolute atomic E-state index is 0.00873. The zero-order chi connectivity index (χ0) is 30.6. The monoisotopic (exact) mass is 573 g/mol. The van der Waals surface area contributed by atoms with E-state index in [0.29, 0.717) is 16.8 Å². The van der Waals surface area contributed by atoms with E-state index in [1.165, 1.54) is 42.1 Å². The molecule has 0 aliphatic carbocycles. The Balaban J connectivity index is 1.85. The second-order valence-electron chi connectivity index (χ2n) is 9.68. The van der Waals surface area contributed by atoms with E-state index >= 15 is 0 Å². The number of nitrogens with one attached hydrogen (secondary N) is 3. The van der Waals surface area contributed by atoms with Crippen molar-refractivity contribution in [3.05, 3.63) is 117 Å². The number of hydrogen-bond donors (Lipinski definition) is 3. The van der Waals surface area contributed by atoms with Crippen molar-refractivity contribution in [3.8, 4) is 11.3 Å². The van der Waals surface area contributed by atoms with E-state index in [9.17, 15) is 28.0 Å². The van der Waals surface area contributed by atoms with Gasteiger partial charge in [0, 0.05) is 29.3 Å². The van der Waals surface area contributed by atoms with Crippen LogP contribution >= 0.6 is 0 Å². The lowest BCUT2D eigenvalue weighted by atomic mass is 10.00. The molecule has 4 rings (SSSR count). The van der Waals surface area contributed by atoms with Crippen molar-refractivity contribution in [1.29, 1.82) is 0 Å². The van der Waals surface area contributed by atoms with E-state index in [4.69, 9.17) is 0 Å². The molecule has 0 saturated carbocycles. The van der Waals surface area contributed by atoms with Crippen LogP contribution in [0, 0.1) is 18.6 Å². The Morgan fingerprint density at radius 1 is 0.905 bits per heavy atom. The molecule has 0 fully saturated rings. The smallest absolute Gasteiger partial charge is 0.294 e. The van der Waals surface area contributed by atoms with E-state index < -0.39 is 34.9 Å². The second-order valence-corrected chi connectivity index (χ2v) is 9.68. The Morgan fingerprint density at radius 3 is 2.26 bits per heavy atom. The molecule has 3 N–H and O–H groups in total. The molecule has 0 radical (unpaired) electrons. The highest BCUT2D eigenvalue weighted by Gasteiger charge is 2.20. The first kappa shape index (κ1) is 29.9. The van der Waals surface area contributed by atoms with Gasteiger partial charge in [-0.1, -0.05) is 6.07 Å². The summed E-state index contributed by atoms with van der Waals surface area (Å²) in [7, 11) is 3.09. The maximum absolute atomic E-state index is 14.8. The number of hydrogen-bond acceptors (Lipinski definition) is 6. The number of amides is 2. The number of carbonyl (C=O) groups excluding carboxylic acids is 3. The average molecular weight is 574 g/mol. The summed E-state index contributed by atoms with van der Waals surface area (Å²) in [5, 5.41) is 7.86. The molecule has 9 nitrogen and oxygen atoms in total. The molecule has 0 aliphatic rings. The fourth-order valence-electron chi connectivity index (χ4n) is 4.31. The van der Waals surface area contributed by atoms with Gasteiger partial charge in [0.25, 0.3) is 11.5 Å². The normalized spacial score (nSPS) is 11.6. The van der Waals surface area contributed by atoms with Gasteiger partial charge in [-0.2, -0.15) is 0 Å². The zero-order valence-corrected chi connectivity index (χ0v) is 23.4. The van der Waals surface area contributed by atoms with Gasteiger partial charge in [-0.25, -0.2) is 13.8 Å². The summed E-state index contributed by atoms with van der Waals surface area (Å²) in [4.78, 5) is 55.9. The van der Waals surface area contributed by atoms with E-state index in [-0.39, 0.29) is 35.0 Å². The quantitative estimate of drug-likeness (QED) is 0.263. The number of anilines is 1. The molecule has 42 heavy (non-hydrogen) atoms. The van der Waals surface area contributed by atoms with Crippen LogP contribution in [0.4, 0.5) is 14.6 Å². The third kappa shape index (κ3) is 6.47. The van der Waals surface area contributed by atoms with Crippen molar-refractivity contribution in [2.45, 2.75) is 26.4 Å². The fourth-order valence-corrected chi connectivity index (χ4v) is 4.31. The Labute approximate surface area is 240 Å². The lowest BCUT2D eigenvalue weighted by Crippen LogP contribution is -2.38. The molecular weight excluding hydrogens is 544 g/mol. The Hall–Kier alpha value is -5.03. The second kappa shape index (κ2) is 12.6. The van der Waals surface area contributed by atoms with E-state index in [1.54, 1.807) is 39.1 Å². The average Bonchev–Trinajstić information content (AvgIpc) is 2.98. The summed E-state index contributed by atoms with van der Waals surface area (Å²) >= 11 is 0. The van der Waals surface area contributed by atoms with Gasteiger partial charge in [0.05, 0.1) is 24.5 Å². The first-order valence-corrected chi connectivity index (χ1v) is 13.0. The molecule has 11 heteroatoms. The van der Waals surface area contributed by atoms with Gasteiger partial charge in [0.2, 0.25) is 5.91 Å². The van der Waals surface area contributed by atoms with Crippen LogP contribution in [0.15, 0.2) is 71.7 Å². The van der Waals surface area contributed by atoms with E-state index in [2.05, 4.69) is 20.9 Å². The standard InChI is InChI=1S/C31H29F2N5O4/c1-17-5-6-21(30(41)35-4)14-25(17)26-15-36-28(37-29(40)18(2)34-3)31(42)38(26)16-19-11-22(13-24(33)12-19)27(39)20-7-9-23(32)10-8-20/h5-15,18,34H,16H2,1-4H3,(H,35,41)(H,36,37,40)/t18-/m0/s1. The number of rotatable bonds is 9. The highest BCUT2D eigenvalue weighted by atomic mass is 19.1. The Morgan fingerprint density at radius 2 is 1.60 bits per heavy atom. The summed E-state index contributed by atoms with van der Waals surface area (Å²) in [5.41, 5.74) is 1.66. The first-order valence-electron chi connectivity index (χ1n) is 13.0. The van der Waals surface area contributed by atoms with Crippen LogP contribution in [0.25, 0.3) is 11.3 Å². The molecule has 3 aromatic carbocycles. The number of carbonyl (C=O) groups is 3. The van der Waals surface area contributed by atoms with Crippen molar-refractivity contribution >= 4 is 23.4 Å². The van der Waals surface area contributed by atoms with Crippen LogP contribution in [0.3, 0.4) is 0 Å². The third-order valence-electron chi connectivity index (χ3n) is 6.79. The number of ketones is 1. The highest BCUT2D eigenvalue weighted by molar-refractivity contribution is 6.09. The maximum Gasteiger partial charge on any atom is 0.294 e. The van der Waals surface area contributed by atoms with Crippen LogP contribution in [-0.4, -0.2) is 47.3 Å². The lowest BCUT2D eigenvalue weighted by Gasteiger charge is -2.18. The van der Waals surface area contributed by atoms with Gasteiger partial charge < -0.3 is 16.0 Å². The van der Waals surface area contributed by atoms with Crippen LogP contribution in [0.2, 0.25) is 0 Å². The number of benzene rings is 3. The van der Waals surface area contributed by atoms with Gasteiger partial charge in [-0.3, -0.25) is 23.7 Å². The van der Waals surface area contributed by atoms with Crippen molar-refractivity contribution in [1.82, 2.24) is 20.2 Å². The molecule has 1 aromatic heterocycles. The topological polar surface area (TPSA) is 122 Å². The van der Waals surface area contributed by atoms with Crippen molar-refractivity contribution < 1.29 is 23.2 Å². The third-order valence-corrected chi connectivity index (χ3v) is 6.79. The lowest BCUT2D eigenvalue weighted by molar-refractivity contribution is -0.117.